The number of unbranched alkanes of at least 4 members (excludes halogenated alkanes) is 34. The maximum absolute atomic E-state index is 13.6. The summed E-state index contributed by atoms with van der Waals surface area (Å²) in [7, 11) is 1.48. The molecule has 10 heteroatoms. The van der Waals surface area contributed by atoms with Gasteiger partial charge in [0.25, 0.3) is 0 Å². The van der Waals surface area contributed by atoms with Gasteiger partial charge in [-0.1, -0.05) is 292 Å². The molecule has 0 aliphatic carbocycles. The fourth-order valence-corrected chi connectivity index (χ4v) is 10.8. The lowest BCUT2D eigenvalue weighted by Crippen LogP contribution is -2.47. The number of phosphoric acid groups is 1. The number of esters is 1. The first-order valence-corrected chi connectivity index (χ1v) is 37.1. The molecule has 0 aromatic carbocycles. The molecule has 0 aliphatic heterocycles. The molecule has 0 saturated carbocycles. The molecule has 0 saturated heterocycles. The van der Waals surface area contributed by atoms with E-state index in [4.69, 9.17) is 13.8 Å². The predicted molar refractivity (Wildman–Crippen MR) is 369 cm³/mol. The molecule has 0 rings (SSSR count). The Hall–Kier alpha value is -3.07. The summed E-state index contributed by atoms with van der Waals surface area (Å²) in [6.07, 6.45) is 87.1. The monoisotopic (exact) mass is 1210 g/mol. The average Bonchev–Trinajstić information content (AvgIpc) is 3.63. The number of ether oxygens (including phenoxy) is 1. The van der Waals surface area contributed by atoms with Crippen molar-refractivity contribution in [1.82, 2.24) is 5.32 Å². The minimum Gasteiger partial charge on any atom is -0.456 e. The highest BCUT2D eigenvalue weighted by atomic mass is 31.2. The Labute approximate surface area is 526 Å². The van der Waals surface area contributed by atoms with Crippen LogP contribution in [0.15, 0.2) is 97.2 Å². The predicted octanol–water partition coefficient (Wildman–Crippen LogP) is 22.7. The third-order valence-corrected chi connectivity index (χ3v) is 16.5. The van der Waals surface area contributed by atoms with E-state index < -0.39 is 20.0 Å². The van der Waals surface area contributed by atoms with Crippen LogP contribution < -0.4 is 5.32 Å². The molecule has 9 nitrogen and oxygen atoms in total. The highest BCUT2D eigenvalue weighted by molar-refractivity contribution is 7.47. The van der Waals surface area contributed by atoms with E-state index in [2.05, 4.69) is 111 Å². The number of rotatable bonds is 64. The number of amides is 1. The lowest BCUT2D eigenvalue weighted by molar-refractivity contribution is -0.870. The van der Waals surface area contributed by atoms with Crippen molar-refractivity contribution in [2.24, 2.45) is 0 Å². The second-order valence-corrected chi connectivity index (χ2v) is 26.5. The van der Waals surface area contributed by atoms with E-state index >= 15 is 0 Å². The van der Waals surface area contributed by atoms with E-state index in [-0.39, 0.29) is 31.5 Å². The first kappa shape index (κ1) is 81.9. The second-order valence-electron chi connectivity index (χ2n) is 25.0. The molecule has 0 radical (unpaired) electrons. The standard InChI is InChI=1S/C75H135N2O7P/c1-7-10-13-16-19-22-25-27-29-31-33-35-36-37-38-39-40-42-43-45-47-49-52-55-58-61-64-67-74(78)76-72(71-83-85(80,81)82-70-69-77(4,5)6)73(66-63-60-57-54-51-24-21-18-15-12-9-3)84-75(79)68-65-62-59-56-53-50-48-46-44-41-34-32-30-28-26-23-20-17-14-11-8-2/h11,14,19-20,22-23,27-30,34,41,46,48,63,66,72-73H,7-10,12-13,15-18,21,24-26,31-33,35-40,42-45,47,49-62,64-65,67-71H2,1-6H3,(H-,76,78,80,81)/p+1/b14-11-,22-19-,23-20-,29-27-,30-28-,41-34-,48-46-,66-63-. The van der Waals surface area contributed by atoms with E-state index in [1.807, 2.05) is 33.3 Å². The average molecular weight is 1210 g/mol. The number of likely N-dealkylation sites (N-methyl/N-ethyl adjacent to an activating group) is 1. The van der Waals surface area contributed by atoms with Crippen molar-refractivity contribution in [1.29, 1.82) is 0 Å². The van der Waals surface area contributed by atoms with Gasteiger partial charge < -0.3 is 19.4 Å². The van der Waals surface area contributed by atoms with Crippen LogP contribution in [0, 0.1) is 0 Å². The lowest BCUT2D eigenvalue weighted by Gasteiger charge is -2.27. The Bertz CT molecular complexity index is 1780. The minimum absolute atomic E-state index is 0.0338. The number of allylic oxidation sites excluding steroid dienone is 15. The van der Waals surface area contributed by atoms with Gasteiger partial charge >= 0.3 is 13.8 Å². The Morgan fingerprint density at radius 2 is 0.753 bits per heavy atom. The zero-order valence-corrected chi connectivity index (χ0v) is 57.2. The Morgan fingerprint density at radius 1 is 0.424 bits per heavy atom. The van der Waals surface area contributed by atoms with E-state index in [0.717, 1.165) is 109 Å². The highest BCUT2D eigenvalue weighted by Gasteiger charge is 2.30. The quantitative estimate of drug-likeness (QED) is 0.0205. The van der Waals surface area contributed by atoms with Gasteiger partial charge in [-0.25, -0.2) is 4.57 Å². The number of carbonyl (C=O) groups excluding carboxylic acids is 2. The first-order valence-electron chi connectivity index (χ1n) is 35.6. The molecule has 2 N–H and O–H groups in total. The van der Waals surface area contributed by atoms with Crippen molar-refractivity contribution in [3.63, 3.8) is 0 Å². The van der Waals surface area contributed by atoms with Gasteiger partial charge in [-0.3, -0.25) is 18.6 Å². The van der Waals surface area contributed by atoms with Crippen molar-refractivity contribution < 1.29 is 37.3 Å². The topological polar surface area (TPSA) is 111 Å². The summed E-state index contributed by atoms with van der Waals surface area (Å²) in [5, 5.41) is 3.06. The molecular weight excluding hydrogens is 1070 g/mol. The maximum Gasteiger partial charge on any atom is 0.472 e. The van der Waals surface area contributed by atoms with Crippen molar-refractivity contribution in [2.45, 2.75) is 328 Å². The summed E-state index contributed by atoms with van der Waals surface area (Å²) in [6, 6.07) is -0.861. The summed E-state index contributed by atoms with van der Waals surface area (Å²) in [6.45, 7) is 6.88. The summed E-state index contributed by atoms with van der Waals surface area (Å²) in [5.74, 6) is -0.523. The summed E-state index contributed by atoms with van der Waals surface area (Å²) >= 11 is 0. The third-order valence-electron chi connectivity index (χ3n) is 15.5. The normalized spacial score (nSPS) is 14.1. The number of quaternary nitrogens is 1. The fourth-order valence-electron chi connectivity index (χ4n) is 10.1. The molecule has 3 atom stereocenters. The molecule has 0 heterocycles. The van der Waals surface area contributed by atoms with Gasteiger partial charge in [0.1, 0.15) is 19.3 Å². The van der Waals surface area contributed by atoms with Crippen LogP contribution in [0.25, 0.3) is 0 Å². The Balaban J connectivity index is 5.02. The van der Waals surface area contributed by atoms with Gasteiger partial charge in [0.2, 0.25) is 5.91 Å². The van der Waals surface area contributed by atoms with Crippen LogP contribution in [0.1, 0.15) is 316 Å². The van der Waals surface area contributed by atoms with Crippen LogP contribution in [0.3, 0.4) is 0 Å². The Kier molecular flexibility index (Phi) is 61.6. The first-order chi connectivity index (χ1) is 41.4. The molecule has 0 bridgehead atoms. The second kappa shape index (κ2) is 63.9. The van der Waals surface area contributed by atoms with Gasteiger partial charge in [0.05, 0.1) is 33.8 Å². The van der Waals surface area contributed by atoms with Crippen molar-refractivity contribution >= 4 is 19.7 Å². The lowest BCUT2D eigenvalue weighted by atomic mass is 10.0. The number of hydrogen-bond acceptors (Lipinski definition) is 6. The number of hydrogen-bond donors (Lipinski definition) is 2. The number of phosphoric ester groups is 1. The zero-order chi connectivity index (χ0) is 62.1. The summed E-state index contributed by atoms with van der Waals surface area (Å²) < 4.78 is 30.8. The van der Waals surface area contributed by atoms with E-state index in [1.54, 1.807) is 0 Å². The number of nitrogens with zero attached hydrogens (tertiary/aromatic N) is 1. The summed E-state index contributed by atoms with van der Waals surface area (Å²) in [5.41, 5.74) is 0. The van der Waals surface area contributed by atoms with Crippen LogP contribution in [0.5, 0.6) is 0 Å². The van der Waals surface area contributed by atoms with Crippen molar-refractivity contribution in [3.05, 3.63) is 97.2 Å². The number of carbonyl (C=O) groups is 2. The SMILES string of the molecule is CC/C=C\C/C=C\C/C=C\C/C=C\C/C=C\CCCCCCCC(=O)OC(/C=C\CCCCCCCCCCC)C(COP(=O)(O)OCC[N+](C)(C)C)NC(=O)CCCCCCCCCCCCCCCCCCC/C=C\C/C=C\CCCCC. The van der Waals surface area contributed by atoms with Gasteiger partial charge in [-0.15, -0.1) is 0 Å². The molecular formula is C75H136N2O7P+. The molecule has 492 valence electrons. The molecule has 0 aromatic rings. The van der Waals surface area contributed by atoms with Crippen LogP contribution in [-0.4, -0.2) is 74.3 Å². The van der Waals surface area contributed by atoms with Crippen molar-refractivity contribution in [2.75, 3.05) is 40.9 Å². The molecule has 3 unspecified atom stereocenters. The Morgan fingerprint density at radius 3 is 1.15 bits per heavy atom. The van der Waals surface area contributed by atoms with E-state index in [9.17, 15) is 19.0 Å². The molecule has 1 amide bonds. The highest BCUT2D eigenvalue weighted by Crippen LogP contribution is 2.43. The van der Waals surface area contributed by atoms with E-state index in [1.165, 1.54) is 167 Å². The maximum atomic E-state index is 13.6. The van der Waals surface area contributed by atoms with Gasteiger partial charge in [0.15, 0.2) is 0 Å². The van der Waals surface area contributed by atoms with Gasteiger partial charge in [-0.05, 0) is 109 Å². The molecule has 0 spiro atoms. The van der Waals surface area contributed by atoms with Crippen molar-refractivity contribution in [3.8, 4) is 0 Å². The number of nitrogens with one attached hydrogen (secondary N) is 1. The summed E-state index contributed by atoms with van der Waals surface area (Å²) in [4.78, 5) is 37.9. The van der Waals surface area contributed by atoms with Gasteiger partial charge in [-0.2, -0.15) is 0 Å². The molecule has 85 heavy (non-hydrogen) atoms. The minimum atomic E-state index is -4.46. The smallest absolute Gasteiger partial charge is 0.456 e. The van der Waals surface area contributed by atoms with Gasteiger partial charge in [0, 0.05) is 12.8 Å². The van der Waals surface area contributed by atoms with Crippen LogP contribution in [0.2, 0.25) is 0 Å². The zero-order valence-electron chi connectivity index (χ0n) is 56.3. The van der Waals surface area contributed by atoms with Crippen LogP contribution in [-0.2, 0) is 27.9 Å². The fraction of sp³-hybridized carbons (Fsp3) is 0.760. The molecule has 0 aliphatic rings. The largest absolute Gasteiger partial charge is 0.472 e. The molecule has 0 fully saturated rings. The third kappa shape index (κ3) is 65.2. The molecule has 0 aromatic heterocycles. The van der Waals surface area contributed by atoms with E-state index in [0.29, 0.717) is 23.9 Å². The van der Waals surface area contributed by atoms with Crippen LogP contribution >= 0.6 is 7.82 Å². The van der Waals surface area contributed by atoms with Crippen LogP contribution in [0.4, 0.5) is 0 Å².